The first-order valence-electron chi connectivity index (χ1n) is 7.77. The van der Waals surface area contributed by atoms with Gasteiger partial charge in [0.2, 0.25) is 5.88 Å². The van der Waals surface area contributed by atoms with Crippen LogP contribution in [0.15, 0.2) is 36.4 Å². The normalized spacial score (nSPS) is 12.0. The summed E-state index contributed by atoms with van der Waals surface area (Å²) in [5, 5.41) is 22.4. The first-order valence-corrected chi connectivity index (χ1v) is 7.77. The molecule has 0 aliphatic heterocycles. The Morgan fingerprint density at radius 2 is 2.12 bits per heavy atom. The molecule has 25 heavy (non-hydrogen) atoms. The topological polar surface area (TPSA) is 112 Å². The number of rotatable bonds is 5. The fraction of sp³-hybridized carbons (Fsp3) is 0.235. The minimum atomic E-state index is -0.390. The van der Waals surface area contributed by atoms with Crippen LogP contribution < -0.4 is 15.4 Å². The predicted molar refractivity (Wildman–Crippen MR) is 93.4 cm³/mol. The number of nitrogens with zero attached hydrogens (tertiary/aromatic N) is 2. The van der Waals surface area contributed by atoms with Gasteiger partial charge in [-0.3, -0.25) is 10.4 Å². The first-order chi connectivity index (χ1) is 12.1. The number of hydrogen-bond acceptors (Lipinski definition) is 5. The molecule has 8 heteroatoms. The SMILES string of the molecule is COc1n[nH]c2cc(NC(=O)N[C@H](C)c3ccccc3)nc(CO)c12. The van der Waals surface area contributed by atoms with E-state index in [0.29, 0.717) is 28.3 Å². The van der Waals surface area contributed by atoms with Gasteiger partial charge in [0.1, 0.15) is 5.82 Å². The molecule has 2 aromatic heterocycles. The third-order valence-electron chi connectivity index (χ3n) is 3.82. The Hall–Kier alpha value is -3.13. The summed E-state index contributed by atoms with van der Waals surface area (Å²) in [4.78, 5) is 16.5. The Balaban J connectivity index is 1.77. The van der Waals surface area contributed by atoms with Crippen LogP contribution in [-0.4, -0.2) is 33.4 Å². The summed E-state index contributed by atoms with van der Waals surface area (Å²) in [7, 11) is 1.49. The van der Waals surface area contributed by atoms with Gasteiger partial charge in [-0.05, 0) is 12.5 Å². The second kappa shape index (κ2) is 7.18. The molecule has 3 aromatic rings. The van der Waals surface area contributed by atoms with E-state index in [2.05, 4.69) is 25.8 Å². The van der Waals surface area contributed by atoms with E-state index in [9.17, 15) is 9.90 Å². The lowest BCUT2D eigenvalue weighted by molar-refractivity contribution is 0.249. The monoisotopic (exact) mass is 341 g/mol. The Bertz CT molecular complexity index is 879. The van der Waals surface area contributed by atoms with Gasteiger partial charge in [0, 0.05) is 6.07 Å². The van der Waals surface area contributed by atoms with E-state index in [1.54, 1.807) is 6.07 Å². The molecule has 1 atom stereocenters. The van der Waals surface area contributed by atoms with Crippen LogP contribution in [0.25, 0.3) is 10.9 Å². The van der Waals surface area contributed by atoms with Gasteiger partial charge >= 0.3 is 6.03 Å². The van der Waals surface area contributed by atoms with Gasteiger partial charge < -0.3 is 15.2 Å². The minimum Gasteiger partial charge on any atom is -0.479 e. The van der Waals surface area contributed by atoms with Crippen molar-refractivity contribution in [2.45, 2.75) is 19.6 Å². The minimum absolute atomic E-state index is 0.158. The molecule has 0 saturated heterocycles. The molecule has 0 fully saturated rings. The summed E-state index contributed by atoms with van der Waals surface area (Å²) in [5.74, 6) is 0.654. The maximum Gasteiger partial charge on any atom is 0.320 e. The largest absolute Gasteiger partial charge is 0.479 e. The lowest BCUT2D eigenvalue weighted by Gasteiger charge is -2.15. The molecular formula is C17H19N5O3. The number of urea groups is 1. The van der Waals surface area contributed by atoms with Gasteiger partial charge in [-0.25, -0.2) is 9.78 Å². The van der Waals surface area contributed by atoms with Crippen LogP contribution in [0.4, 0.5) is 10.6 Å². The Labute approximate surface area is 144 Å². The summed E-state index contributed by atoms with van der Waals surface area (Å²) in [6, 6.07) is 10.7. The molecule has 0 saturated carbocycles. The highest BCUT2D eigenvalue weighted by Crippen LogP contribution is 2.27. The number of pyridine rings is 1. The summed E-state index contributed by atoms with van der Waals surface area (Å²) >= 11 is 0. The third kappa shape index (κ3) is 3.53. The first kappa shape index (κ1) is 16.7. The molecule has 0 aliphatic carbocycles. The number of fused-ring (bicyclic) bond motifs is 1. The molecule has 0 aliphatic rings. The molecule has 130 valence electrons. The van der Waals surface area contributed by atoms with Crippen LogP contribution in [0.3, 0.4) is 0 Å². The van der Waals surface area contributed by atoms with Gasteiger partial charge in [0.05, 0.1) is 36.4 Å². The van der Waals surface area contributed by atoms with E-state index in [-0.39, 0.29) is 12.6 Å². The fourth-order valence-electron chi connectivity index (χ4n) is 2.59. The van der Waals surface area contributed by atoms with Crippen molar-refractivity contribution >= 4 is 22.8 Å². The number of aliphatic hydroxyl groups excluding tert-OH is 1. The van der Waals surface area contributed by atoms with Crippen molar-refractivity contribution < 1.29 is 14.6 Å². The number of carbonyl (C=O) groups excluding carboxylic acids is 1. The van der Waals surface area contributed by atoms with Crippen LogP contribution in [-0.2, 0) is 6.61 Å². The number of amides is 2. The number of ether oxygens (including phenoxy) is 1. The maximum atomic E-state index is 12.2. The number of aromatic amines is 1. The highest BCUT2D eigenvalue weighted by Gasteiger charge is 2.15. The van der Waals surface area contributed by atoms with Crippen LogP contribution in [0.5, 0.6) is 5.88 Å². The number of anilines is 1. The summed E-state index contributed by atoms with van der Waals surface area (Å²) in [5.41, 5.74) is 1.98. The number of methoxy groups -OCH3 is 1. The van der Waals surface area contributed by atoms with Gasteiger partial charge in [0.25, 0.3) is 0 Å². The zero-order valence-corrected chi connectivity index (χ0v) is 13.9. The molecule has 8 nitrogen and oxygen atoms in total. The van der Waals surface area contributed by atoms with E-state index in [4.69, 9.17) is 4.74 Å². The molecule has 2 amide bonds. The van der Waals surface area contributed by atoms with Crippen molar-refractivity contribution in [3.8, 4) is 5.88 Å². The van der Waals surface area contributed by atoms with E-state index in [0.717, 1.165) is 5.56 Å². The molecule has 1 aromatic carbocycles. The van der Waals surface area contributed by atoms with Gasteiger partial charge in [-0.1, -0.05) is 30.3 Å². The second-order valence-corrected chi connectivity index (χ2v) is 5.50. The molecular weight excluding hydrogens is 322 g/mol. The second-order valence-electron chi connectivity index (χ2n) is 5.50. The van der Waals surface area contributed by atoms with Crippen molar-refractivity contribution in [2.75, 3.05) is 12.4 Å². The van der Waals surface area contributed by atoms with E-state index < -0.39 is 6.03 Å². The lowest BCUT2D eigenvalue weighted by Crippen LogP contribution is -2.31. The van der Waals surface area contributed by atoms with Crippen LogP contribution >= 0.6 is 0 Å². The van der Waals surface area contributed by atoms with Crippen molar-refractivity contribution in [3.05, 3.63) is 47.7 Å². The zero-order valence-electron chi connectivity index (χ0n) is 13.9. The summed E-state index contributed by atoms with van der Waals surface area (Å²) in [6.07, 6.45) is 0. The Morgan fingerprint density at radius 1 is 1.36 bits per heavy atom. The lowest BCUT2D eigenvalue weighted by atomic mass is 10.1. The van der Waals surface area contributed by atoms with E-state index in [1.807, 2.05) is 37.3 Å². The van der Waals surface area contributed by atoms with Gasteiger partial charge in [-0.2, -0.15) is 0 Å². The number of H-pyrrole nitrogens is 1. The molecule has 0 spiro atoms. The highest BCUT2D eigenvalue weighted by molar-refractivity contribution is 5.93. The van der Waals surface area contributed by atoms with Crippen LogP contribution in [0, 0.1) is 0 Å². The molecule has 0 unspecified atom stereocenters. The maximum absolute atomic E-state index is 12.2. The van der Waals surface area contributed by atoms with Crippen molar-refractivity contribution in [3.63, 3.8) is 0 Å². The average molecular weight is 341 g/mol. The molecule has 0 bridgehead atoms. The van der Waals surface area contributed by atoms with Gasteiger partial charge in [-0.15, -0.1) is 5.10 Å². The fourth-order valence-corrected chi connectivity index (χ4v) is 2.59. The predicted octanol–water partition coefficient (Wildman–Crippen LogP) is 2.34. The number of aromatic nitrogens is 3. The molecule has 3 rings (SSSR count). The zero-order chi connectivity index (χ0) is 17.8. The average Bonchev–Trinajstić information content (AvgIpc) is 3.04. The highest BCUT2D eigenvalue weighted by atomic mass is 16.5. The molecule has 2 heterocycles. The number of hydrogen-bond donors (Lipinski definition) is 4. The van der Waals surface area contributed by atoms with Crippen molar-refractivity contribution in [1.82, 2.24) is 20.5 Å². The number of aliphatic hydroxyl groups is 1. The quantitative estimate of drug-likeness (QED) is 0.569. The smallest absolute Gasteiger partial charge is 0.320 e. The van der Waals surface area contributed by atoms with E-state index in [1.165, 1.54) is 7.11 Å². The number of benzene rings is 1. The summed E-state index contributed by atoms with van der Waals surface area (Å²) in [6.45, 7) is 1.59. The molecule has 0 radical (unpaired) electrons. The molecule has 4 N–H and O–H groups in total. The van der Waals surface area contributed by atoms with Crippen molar-refractivity contribution in [2.24, 2.45) is 0 Å². The number of nitrogens with one attached hydrogen (secondary N) is 3. The third-order valence-corrected chi connectivity index (χ3v) is 3.82. The Kier molecular flexibility index (Phi) is 4.80. The number of carbonyl (C=O) groups is 1. The van der Waals surface area contributed by atoms with Gasteiger partial charge in [0.15, 0.2) is 0 Å². The van der Waals surface area contributed by atoms with Crippen LogP contribution in [0.2, 0.25) is 0 Å². The van der Waals surface area contributed by atoms with Crippen LogP contribution in [0.1, 0.15) is 24.2 Å². The Morgan fingerprint density at radius 3 is 2.80 bits per heavy atom. The van der Waals surface area contributed by atoms with E-state index >= 15 is 0 Å². The van der Waals surface area contributed by atoms with Crippen molar-refractivity contribution in [1.29, 1.82) is 0 Å². The standard InChI is InChI=1S/C17H19N5O3/c1-10(11-6-4-3-5-7-11)18-17(24)20-14-8-12-15(13(9-23)19-14)16(25-2)22-21-12/h3-8,10,23H,9H2,1-2H3,(H,21,22)(H2,18,19,20,24)/t10-/m1/s1. The summed E-state index contributed by atoms with van der Waals surface area (Å²) < 4.78 is 5.14.